The van der Waals surface area contributed by atoms with E-state index in [4.69, 9.17) is 18.9 Å². The minimum absolute atomic E-state index is 0.0770. The molecule has 4 aromatic rings. The van der Waals surface area contributed by atoms with E-state index in [0.717, 1.165) is 61.0 Å². The lowest BCUT2D eigenvalue weighted by atomic mass is 9.71. The van der Waals surface area contributed by atoms with Crippen LogP contribution in [-0.2, 0) is 4.74 Å². The van der Waals surface area contributed by atoms with E-state index in [1.54, 1.807) is 6.07 Å². The fourth-order valence-corrected chi connectivity index (χ4v) is 5.75. The van der Waals surface area contributed by atoms with E-state index in [-0.39, 0.29) is 11.7 Å². The van der Waals surface area contributed by atoms with Crippen molar-refractivity contribution in [3.8, 4) is 17.2 Å². The number of hydrogen-bond donors (Lipinski definition) is 0. The zero-order valence-corrected chi connectivity index (χ0v) is 20.5. The van der Waals surface area contributed by atoms with Crippen molar-refractivity contribution >= 4 is 27.8 Å². The van der Waals surface area contributed by atoms with Crippen molar-refractivity contribution in [1.29, 1.82) is 0 Å². The zero-order chi connectivity index (χ0) is 24.8. The van der Waals surface area contributed by atoms with Gasteiger partial charge in [-0.25, -0.2) is 4.98 Å². The van der Waals surface area contributed by atoms with E-state index in [0.29, 0.717) is 39.9 Å². The number of para-hydroxylation sites is 1. The molecule has 1 aliphatic heterocycles. The molecule has 2 aliphatic rings. The van der Waals surface area contributed by atoms with Crippen molar-refractivity contribution in [2.45, 2.75) is 45.6 Å². The van der Waals surface area contributed by atoms with Gasteiger partial charge < -0.3 is 13.9 Å². The van der Waals surface area contributed by atoms with Crippen LogP contribution in [0.3, 0.4) is 0 Å². The lowest BCUT2D eigenvalue weighted by Gasteiger charge is -2.41. The smallest absolute Gasteiger partial charge is 0.317 e. The molecular formula is C29H28N2O5. The van der Waals surface area contributed by atoms with E-state index in [2.05, 4.69) is 5.18 Å². The Kier molecular flexibility index (Phi) is 5.80. The molecule has 36 heavy (non-hydrogen) atoms. The van der Waals surface area contributed by atoms with Gasteiger partial charge in [0.25, 0.3) is 0 Å². The maximum absolute atomic E-state index is 12.8. The number of carbonyl (C=O) groups is 1. The molecule has 0 radical (unpaired) electrons. The van der Waals surface area contributed by atoms with Gasteiger partial charge in [-0.1, -0.05) is 24.3 Å². The van der Waals surface area contributed by atoms with Crippen molar-refractivity contribution in [3.63, 3.8) is 0 Å². The number of aromatic nitrogens is 1. The second-order valence-corrected chi connectivity index (χ2v) is 10.0. The number of nitrogens with zero attached hydrogens (tertiary/aromatic N) is 2. The Labute approximate surface area is 208 Å². The molecule has 6 rings (SSSR count). The van der Waals surface area contributed by atoms with Gasteiger partial charge in [0.05, 0.1) is 22.6 Å². The highest BCUT2D eigenvalue weighted by molar-refractivity contribution is 6.10. The van der Waals surface area contributed by atoms with E-state index in [1.807, 2.05) is 50.2 Å². The second kappa shape index (κ2) is 9.13. The lowest BCUT2D eigenvalue weighted by molar-refractivity contribution is -0.0150. The average Bonchev–Trinajstić information content (AvgIpc) is 3.23. The fraction of sp³-hybridized carbons (Fsp3) is 0.379. The summed E-state index contributed by atoms with van der Waals surface area (Å²) in [6.07, 6.45) is 4.27. The first-order chi connectivity index (χ1) is 17.5. The number of hydrogen-bond acceptors (Lipinski definition) is 6. The third-order valence-corrected chi connectivity index (χ3v) is 7.87. The standard InChI is InChI=1S/C29H28N2O5/c1-16-7-8-25(35-20-13-19(14-20)18-9-11-34-12-10-18)26-22(29(32)31-33)15-23(30-27(16)26)28-17(2)21-5-3-4-6-24(21)36-28/h3-8,15,18-20H,9-14H2,1-2H3. The highest BCUT2D eigenvalue weighted by Crippen LogP contribution is 2.43. The van der Waals surface area contributed by atoms with Gasteiger partial charge in [-0.2, -0.15) is 0 Å². The second-order valence-electron chi connectivity index (χ2n) is 10.0. The fourth-order valence-electron chi connectivity index (χ4n) is 5.75. The Morgan fingerprint density at radius 3 is 2.58 bits per heavy atom. The Bertz CT molecular complexity index is 1480. The van der Waals surface area contributed by atoms with Crippen molar-refractivity contribution in [3.05, 3.63) is 64.1 Å². The number of nitroso groups, excluding NO2 is 1. The van der Waals surface area contributed by atoms with Gasteiger partial charge in [0.2, 0.25) is 0 Å². The normalized spacial score (nSPS) is 20.4. The monoisotopic (exact) mass is 484 g/mol. The summed E-state index contributed by atoms with van der Waals surface area (Å²) in [5, 5.41) is 4.27. The van der Waals surface area contributed by atoms with Crippen LogP contribution in [0.15, 0.2) is 52.1 Å². The van der Waals surface area contributed by atoms with Crippen LogP contribution in [0.25, 0.3) is 33.3 Å². The van der Waals surface area contributed by atoms with Crippen LogP contribution in [0.4, 0.5) is 0 Å². The largest absolute Gasteiger partial charge is 0.490 e. The van der Waals surface area contributed by atoms with Crippen LogP contribution in [-0.4, -0.2) is 30.2 Å². The molecule has 1 saturated carbocycles. The molecule has 1 aliphatic carbocycles. The highest BCUT2D eigenvalue weighted by Gasteiger charge is 2.37. The Morgan fingerprint density at radius 2 is 1.83 bits per heavy atom. The van der Waals surface area contributed by atoms with Crippen molar-refractivity contribution in [2.75, 3.05) is 13.2 Å². The Morgan fingerprint density at radius 1 is 1.06 bits per heavy atom. The maximum Gasteiger partial charge on any atom is 0.317 e. The number of amides is 1. The minimum atomic E-state index is -0.846. The molecule has 2 aromatic carbocycles. The Balaban J connectivity index is 1.39. The van der Waals surface area contributed by atoms with Gasteiger partial charge in [-0.05, 0) is 75.1 Å². The first kappa shape index (κ1) is 22.9. The molecule has 184 valence electrons. The van der Waals surface area contributed by atoms with E-state index in [9.17, 15) is 9.70 Å². The van der Waals surface area contributed by atoms with Gasteiger partial charge in [-0.3, -0.25) is 4.79 Å². The van der Waals surface area contributed by atoms with Gasteiger partial charge in [0.15, 0.2) is 5.76 Å². The third kappa shape index (κ3) is 3.88. The summed E-state index contributed by atoms with van der Waals surface area (Å²) in [6.45, 7) is 5.59. The molecule has 0 atom stereocenters. The van der Waals surface area contributed by atoms with Crippen LogP contribution in [0.2, 0.25) is 0 Å². The van der Waals surface area contributed by atoms with E-state index < -0.39 is 5.91 Å². The van der Waals surface area contributed by atoms with Crippen LogP contribution in [0, 0.1) is 30.6 Å². The summed E-state index contributed by atoms with van der Waals surface area (Å²) in [7, 11) is 0. The van der Waals surface area contributed by atoms with Crippen LogP contribution < -0.4 is 4.74 Å². The van der Waals surface area contributed by atoms with Crippen molar-refractivity contribution in [1.82, 2.24) is 4.98 Å². The summed E-state index contributed by atoms with van der Waals surface area (Å²) >= 11 is 0. The number of ether oxygens (including phenoxy) is 2. The summed E-state index contributed by atoms with van der Waals surface area (Å²) in [6, 6.07) is 13.2. The van der Waals surface area contributed by atoms with E-state index in [1.165, 1.54) is 0 Å². The van der Waals surface area contributed by atoms with Crippen LogP contribution in [0.1, 0.15) is 47.2 Å². The summed E-state index contributed by atoms with van der Waals surface area (Å²) < 4.78 is 18.0. The van der Waals surface area contributed by atoms with E-state index >= 15 is 0 Å². The quantitative estimate of drug-likeness (QED) is 0.291. The topological polar surface area (TPSA) is 91.0 Å². The number of aryl methyl sites for hydroxylation is 2. The molecule has 0 N–H and O–H groups in total. The molecular weight excluding hydrogens is 456 g/mol. The van der Waals surface area contributed by atoms with Gasteiger partial charge >= 0.3 is 5.91 Å². The molecule has 7 heteroatoms. The zero-order valence-electron chi connectivity index (χ0n) is 20.5. The molecule has 2 aromatic heterocycles. The van der Waals surface area contributed by atoms with Gasteiger partial charge in [-0.15, -0.1) is 4.91 Å². The predicted octanol–water partition coefficient (Wildman–Crippen LogP) is 6.76. The highest BCUT2D eigenvalue weighted by atomic mass is 16.5. The SMILES string of the molecule is Cc1c(-c2cc(C(=O)N=O)c3c(OC4CC(C5CCOCC5)C4)ccc(C)c3n2)oc2ccccc12. The summed E-state index contributed by atoms with van der Waals surface area (Å²) in [5.74, 6) is 1.64. The number of fused-ring (bicyclic) bond motifs is 2. The predicted molar refractivity (Wildman–Crippen MR) is 137 cm³/mol. The number of pyridine rings is 1. The molecule has 7 nitrogen and oxygen atoms in total. The van der Waals surface area contributed by atoms with Crippen molar-refractivity contribution in [2.24, 2.45) is 17.0 Å². The molecule has 2 fully saturated rings. The molecule has 0 unspecified atom stereocenters. The lowest BCUT2D eigenvalue weighted by Crippen LogP contribution is -2.39. The minimum Gasteiger partial charge on any atom is -0.490 e. The number of furan rings is 1. The summed E-state index contributed by atoms with van der Waals surface area (Å²) in [5.41, 5.74) is 3.83. The molecule has 3 heterocycles. The van der Waals surface area contributed by atoms with Gasteiger partial charge in [0, 0.05) is 29.3 Å². The maximum atomic E-state index is 12.8. The van der Waals surface area contributed by atoms with Crippen LogP contribution >= 0.6 is 0 Å². The molecule has 0 spiro atoms. The van der Waals surface area contributed by atoms with Crippen molar-refractivity contribution < 1.29 is 18.7 Å². The number of benzene rings is 2. The average molecular weight is 485 g/mol. The third-order valence-electron chi connectivity index (χ3n) is 7.87. The number of carbonyl (C=O) groups excluding carboxylic acids is 1. The molecule has 0 bridgehead atoms. The molecule has 1 amide bonds. The Hall–Kier alpha value is -3.58. The first-order valence-electron chi connectivity index (χ1n) is 12.6. The molecule has 1 saturated heterocycles. The van der Waals surface area contributed by atoms with Gasteiger partial charge in [0.1, 0.15) is 17.0 Å². The van der Waals surface area contributed by atoms with Crippen LogP contribution in [0.5, 0.6) is 5.75 Å². The number of rotatable bonds is 5. The first-order valence-corrected chi connectivity index (χ1v) is 12.6. The summed E-state index contributed by atoms with van der Waals surface area (Å²) in [4.78, 5) is 29.1.